The van der Waals surface area contributed by atoms with E-state index in [2.05, 4.69) is 15.6 Å². The van der Waals surface area contributed by atoms with Gasteiger partial charge in [-0.2, -0.15) is 26.3 Å². The molecule has 0 saturated heterocycles. The summed E-state index contributed by atoms with van der Waals surface area (Å²) < 4.78 is 79.8. The van der Waals surface area contributed by atoms with E-state index in [1.807, 2.05) is 0 Å². The molecule has 41 heavy (non-hydrogen) atoms. The molecule has 1 aliphatic carbocycles. The third kappa shape index (κ3) is 7.44. The highest BCUT2D eigenvalue weighted by molar-refractivity contribution is 6.20. The molecule has 1 aliphatic heterocycles. The predicted molar refractivity (Wildman–Crippen MR) is 138 cm³/mol. The zero-order valence-electron chi connectivity index (χ0n) is 21.9. The highest BCUT2D eigenvalue weighted by atomic mass is 19.4. The van der Waals surface area contributed by atoms with Gasteiger partial charge in [-0.15, -0.1) is 0 Å². The number of primary amides is 1. The van der Waals surface area contributed by atoms with Crippen molar-refractivity contribution in [1.82, 2.24) is 5.32 Å². The van der Waals surface area contributed by atoms with Crippen molar-refractivity contribution in [2.24, 2.45) is 28.5 Å². The van der Waals surface area contributed by atoms with Crippen LogP contribution in [0.1, 0.15) is 54.4 Å². The van der Waals surface area contributed by atoms with Gasteiger partial charge in [0.15, 0.2) is 0 Å². The molecule has 0 bridgehead atoms. The largest absolute Gasteiger partial charge is 0.416 e. The van der Waals surface area contributed by atoms with Crippen LogP contribution in [0, 0.1) is 24.7 Å². The van der Waals surface area contributed by atoms with Crippen molar-refractivity contribution >= 4 is 29.1 Å². The number of amides is 3. The van der Waals surface area contributed by atoms with Gasteiger partial charge in [-0.1, -0.05) is 43.2 Å². The molecular weight excluding hydrogens is 554 g/mol. The maximum absolute atomic E-state index is 13.5. The lowest BCUT2D eigenvalue weighted by Crippen LogP contribution is -2.48. The Hall–Kier alpha value is -3.90. The predicted octanol–water partition coefficient (Wildman–Crippen LogP) is 5.11. The SMILES string of the molecule is Cc1cccc2c1NC(=O)C(NC(=O)C(CCC(F)(F)F)C(CC1CC1)C(N)=O)N=C2c1cccc(C(F)(F)F)c1. The van der Waals surface area contributed by atoms with Crippen LogP contribution in [0.15, 0.2) is 47.5 Å². The number of nitrogens with zero attached hydrogens (tertiary/aromatic N) is 1. The first-order chi connectivity index (χ1) is 19.1. The molecule has 2 aliphatic rings. The smallest absolute Gasteiger partial charge is 0.369 e. The van der Waals surface area contributed by atoms with Gasteiger partial charge in [0.2, 0.25) is 18.0 Å². The zero-order chi connectivity index (χ0) is 30.1. The van der Waals surface area contributed by atoms with Gasteiger partial charge < -0.3 is 16.4 Å². The number of hydrogen-bond donors (Lipinski definition) is 3. The Labute approximate surface area is 231 Å². The van der Waals surface area contributed by atoms with Gasteiger partial charge in [0.1, 0.15) is 0 Å². The molecule has 3 unspecified atom stereocenters. The number of para-hydroxylation sites is 1. The lowest BCUT2D eigenvalue weighted by atomic mass is 9.83. The summed E-state index contributed by atoms with van der Waals surface area (Å²) in [6, 6.07) is 9.07. The first-order valence-electron chi connectivity index (χ1n) is 13.0. The number of benzodiazepines with no additional fused rings is 1. The monoisotopic (exact) mass is 582 g/mol. The third-order valence-corrected chi connectivity index (χ3v) is 7.24. The van der Waals surface area contributed by atoms with Crippen molar-refractivity contribution in [1.29, 1.82) is 0 Å². The van der Waals surface area contributed by atoms with Gasteiger partial charge in [-0.3, -0.25) is 14.4 Å². The standard InChI is InChI=1S/C28H28F6N4O3/c1-14-4-2-7-19-21(14)37-26(41)24(36-22(19)16-5-3-6-17(13-16)28(32,33)34)38-25(40)18(10-11-27(29,30)31)20(23(35)39)12-15-8-9-15/h2-7,13,15,18,20,24H,8-12H2,1H3,(H2,35,39)(H,37,41)(H,38,40). The van der Waals surface area contributed by atoms with Crippen LogP contribution >= 0.6 is 0 Å². The highest BCUT2D eigenvalue weighted by Crippen LogP contribution is 2.39. The van der Waals surface area contributed by atoms with Crippen LogP contribution in [-0.2, 0) is 20.6 Å². The van der Waals surface area contributed by atoms with Gasteiger partial charge in [0.25, 0.3) is 5.91 Å². The van der Waals surface area contributed by atoms with Crippen LogP contribution < -0.4 is 16.4 Å². The van der Waals surface area contributed by atoms with Crippen LogP contribution in [0.2, 0.25) is 0 Å². The van der Waals surface area contributed by atoms with Crippen LogP contribution in [0.25, 0.3) is 0 Å². The number of nitrogens with one attached hydrogen (secondary N) is 2. The fraction of sp³-hybridized carbons (Fsp3) is 0.429. The van der Waals surface area contributed by atoms with Crippen LogP contribution in [0.3, 0.4) is 0 Å². The molecule has 220 valence electrons. The fourth-order valence-corrected chi connectivity index (χ4v) is 4.92. The van der Waals surface area contributed by atoms with Gasteiger partial charge in [0.05, 0.1) is 17.0 Å². The van der Waals surface area contributed by atoms with E-state index in [1.165, 1.54) is 18.2 Å². The van der Waals surface area contributed by atoms with Crippen LogP contribution in [-0.4, -0.2) is 35.8 Å². The van der Waals surface area contributed by atoms with E-state index in [0.717, 1.165) is 25.0 Å². The average molecular weight is 583 g/mol. The Kier molecular flexibility index (Phi) is 8.46. The lowest BCUT2D eigenvalue weighted by molar-refractivity contribution is -0.146. The Morgan fingerprint density at radius 1 is 1.07 bits per heavy atom. The van der Waals surface area contributed by atoms with E-state index in [1.54, 1.807) is 19.1 Å². The summed E-state index contributed by atoms with van der Waals surface area (Å²) >= 11 is 0. The maximum Gasteiger partial charge on any atom is 0.416 e. The molecule has 0 spiro atoms. The molecule has 1 saturated carbocycles. The molecule has 3 atom stereocenters. The van der Waals surface area contributed by atoms with Crippen molar-refractivity contribution in [2.45, 2.75) is 57.5 Å². The summed E-state index contributed by atoms with van der Waals surface area (Å²) in [6.07, 6.45) is -11.5. The first kappa shape index (κ1) is 30.1. The molecule has 0 radical (unpaired) electrons. The normalized spacial score (nSPS) is 18.9. The number of alkyl halides is 6. The molecule has 2 aromatic carbocycles. The van der Waals surface area contributed by atoms with Gasteiger partial charge in [-0.05, 0) is 43.4 Å². The Bertz CT molecular complexity index is 1370. The van der Waals surface area contributed by atoms with Crippen molar-refractivity contribution in [3.05, 3.63) is 64.7 Å². The number of hydrogen-bond acceptors (Lipinski definition) is 4. The second kappa shape index (κ2) is 11.5. The molecule has 2 aromatic rings. The van der Waals surface area contributed by atoms with E-state index < -0.39 is 66.5 Å². The Morgan fingerprint density at radius 3 is 2.37 bits per heavy atom. The molecule has 7 nitrogen and oxygen atoms in total. The number of rotatable bonds is 9. The van der Waals surface area contributed by atoms with Crippen LogP contribution in [0.4, 0.5) is 32.0 Å². The molecular formula is C28H28F6N4O3. The second-order valence-corrected chi connectivity index (χ2v) is 10.4. The molecule has 0 aromatic heterocycles. The number of nitrogens with two attached hydrogens (primary N) is 1. The third-order valence-electron chi connectivity index (χ3n) is 7.24. The summed E-state index contributed by atoms with van der Waals surface area (Å²) in [5.74, 6) is -5.47. The maximum atomic E-state index is 13.5. The number of aryl methyl sites for hydroxylation is 1. The van der Waals surface area contributed by atoms with Crippen LogP contribution in [0.5, 0.6) is 0 Å². The number of carbonyl (C=O) groups is 3. The molecule has 1 heterocycles. The Morgan fingerprint density at radius 2 is 1.76 bits per heavy atom. The van der Waals surface area contributed by atoms with Crippen molar-refractivity contribution < 1.29 is 40.7 Å². The molecule has 4 N–H and O–H groups in total. The number of carbonyl (C=O) groups excluding carboxylic acids is 3. The first-order valence-corrected chi connectivity index (χ1v) is 13.0. The van der Waals surface area contributed by atoms with Crippen molar-refractivity contribution in [3.63, 3.8) is 0 Å². The minimum Gasteiger partial charge on any atom is -0.369 e. The number of benzene rings is 2. The Balaban J connectivity index is 1.73. The highest BCUT2D eigenvalue weighted by Gasteiger charge is 2.41. The molecule has 4 rings (SSSR count). The topological polar surface area (TPSA) is 114 Å². The zero-order valence-corrected chi connectivity index (χ0v) is 21.9. The molecule has 1 fully saturated rings. The molecule has 13 heteroatoms. The van der Waals surface area contributed by atoms with Gasteiger partial charge in [0, 0.05) is 29.4 Å². The van der Waals surface area contributed by atoms with E-state index in [-0.39, 0.29) is 34.9 Å². The summed E-state index contributed by atoms with van der Waals surface area (Å²) in [5, 5.41) is 4.96. The minimum absolute atomic E-state index is 0.000193. The van der Waals surface area contributed by atoms with E-state index >= 15 is 0 Å². The van der Waals surface area contributed by atoms with Crippen molar-refractivity contribution in [3.8, 4) is 0 Å². The van der Waals surface area contributed by atoms with E-state index in [9.17, 15) is 40.7 Å². The number of halogens is 6. The summed E-state index contributed by atoms with van der Waals surface area (Å²) in [4.78, 5) is 43.2. The fourth-order valence-electron chi connectivity index (χ4n) is 4.92. The average Bonchev–Trinajstić information content (AvgIpc) is 3.71. The number of aliphatic imine (C=N–C) groups is 1. The van der Waals surface area contributed by atoms with E-state index in [4.69, 9.17) is 5.73 Å². The van der Waals surface area contributed by atoms with Crippen molar-refractivity contribution in [2.75, 3.05) is 5.32 Å². The number of fused-ring (bicyclic) bond motifs is 1. The summed E-state index contributed by atoms with van der Waals surface area (Å²) in [7, 11) is 0. The van der Waals surface area contributed by atoms with Gasteiger partial charge >= 0.3 is 12.4 Å². The second-order valence-electron chi connectivity index (χ2n) is 10.4. The quantitative estimate of drug-likeness (QED) is 0.357. The minimum atomic E-state index is -4.67. The number of anilines is 1. The molecule has 3 amide bonds. The van der Waals surface area contributed by atoms with E-state index in [0.29, 0.717) is 5.56 Å². The van der Waals surface area contributed by atoms with Gasteiger partial charge in [-0.25, -0.2) is 4.99 Å². The lowest BCUT2D eigenvalue weighted by Gasteiger charge is -2.26. The summed E-state index contributed by atoms with van der Waals surface area (Å²) in [5.41, 5.74) is 5.58. The summed E-state index contributed by atoms with van der Waals surface area (Å²) in [6.45, 7) is 1.66.